The quantitative estimate of drug-likeness (QED) is 0.671. The monoisotopic (exact) mass is 184 g/mol. The maximum Gasteiger partial charge on any atom is 0.241 e. The number of alkyl halides is 1. The van der Waals surface area contributed by atoms with Gasteiger partial charge in [0.15, 0.2) is 5.76 Å². The van der Waals surface area contributed by atoms with Gasteiger partial charge in [-0.3, -0.25) is 0 Å². The average molecular weight is 185 g/mol. The summed E-state index contributed by atoms with van der Waals surface area (Å²) in [7, 11) is 0. The van der Waals surface area contributed by atoms with Crippen LogP contribution in [0.15, 0.2) is 27.3 Å². The third kappa shape index (κ3) is 1.21. The van der Waals surface area contributed by atoms with E-state index in [-0.39, 0.29) is 5.88 Å². The van der Waals surface area contributed by atoms with Gasteiger partial charge in [0, 0.05) is 0 Å². The van der Waals surface area contributed by atoms with Gasteiger partial charge in [0.05, 0.1) is 6.26 Å². The van der Waals surface area contributed by atoms with Gasteiger partial charge in [-0.2, -0.15) is 4.98 Å². The minimum atomic E-state index is 0.216. The molecule has 0 saturated heterocycles. The molecule has 5 heteroatoms. The van der Waals surface area contributed by atoms with E-state index >= 15 is 0 Å². The SMILES string of the molecule is ClCc1nc(-c2ccco2)no1. The molecule has 0 radical (unpaired) electrons. The normalized spacial score (nSPS) is 10.4. The Balaban J connectivity index is 2.35. The standard InChI is InChI=1S/C7H5ClN2O2/c8-4-6-9-7(10-12-6)5-2-1-3-11-5/h1-3H,4H2. The Kier molecular flexibility index (Phi) is 1.83. The number of hydrogen-bond donors (Lipinski definition) is 0. The summed E-state index contributed by atoms with van der Waals surface area (Å²) in [5.41, 5.74) is 0. The Labute approximate surface area is 73.1 Å². The topological polar surface area (TPSA) is 52.1 Å². The van der Waals surface area contributed by atoms with Crippen molar-refractivity contribution >= 4 is 11.6 Å². The first-order valence-electron chi connectivity index (χ1n) is 3.32. The molecule has 0 aliphatic carbocycles. The second-order valence-electron chi connectivity index (χ2n) is 2.12. The summed E-state index contributed by atoms with van der Waals surface area (Å²) in [5.74, 6) is 1.61. The van der Waals surface area contributed by atoms with Crippen molar-refractivity contribution in [2.24, 2.45) is 0 Å². The highest BCUT2D eigenvalue weighted by atomic mass is 35.5. The molecule has 2 rings (SSSR count). The summed E-state index contributed by atoms with van der Waals surface area (Å²) in [4.78, 5) is 3.97. The zero-order valence-corrected chi connectivity index (χ0v) is 6.78. The van der Waals surface area contributed by atoms with Gasteiger partial charge >= 0.3 is 0 Å². The second kappa shape index (κ2) is 2.98. The molecule has 12 heavy (non-hydrogen) atoms. The lowest BCUT2D eigenvalue weighted by atomic mass is 10.4. The Bertz CT molecular complexity index is 355. The van der Waals surface area contributed by atoms with E-state index in [0.29, 0.717) is 17.5 Å². The summed E-state index contributed by atoms with van der Waals surface area (Å²) < 4.78 is 9.83. The third-order valence-corrected chi connectivity index (χ3v) is 1.55. The van der Waals surface area contributed by atoms with Crippen LogP contribution >= 0.6 is 11.6 Å². The van der Waals surface area contributed by atoms with Crippen LogP contribution in [0.25, 0.3) is 11.6 Å². The van der Waals surface area contributed by atoms with Crippen LogP contribution in [0.2, 0.25) is 0 Å². The number of furan rings is 1. The highest BCUT2D eigenvalue weighted by molar-refractivity contribution is 6.16. The van der Waals surface area contributed by atoms with Gasteiger partial charge in [-0.25, -0.2) is 0 Å². The second-order valence-corrected chi connectivity index (χ2v) is 2.39. The van der Waals surface area contributed by atoms with E-state index in [1.165, 1.54) is 0 Å². The molecule has 0 N–H and O–H groups in total. The molecule has 2 aromatic rings. The molecule has 0 bridgehead atoms. The van der Waals surface area contributed by atoms with E-state index in [2.05, 4.69) is 10.1 Å². The summed E-state index contributed by atoms with van der Waals surface area (Å²) in [6.07, 6.45) is 1.55. The van der Waals surface area contributed by atoms with Crippen molar-refractivity contribution < 1.29 is 8.94 Å². The maximum atomic E-state index is 5.47. The van der Waals surface area contributed by atoms with Gasteiger partial charge in [-0.15, -0.1) is 11.6 Å². The molecule has 2 aromatic heterocycles. The lowest BCUT2D eigenvalue weighted by Gasteiger charge is -1.81. The molecule has 4 nitrogen and oxygen atoms in total. The summed E-state index contributed by atoms with van der Waals surface area (Å²) >= 11 is 5.47. The van der Waals surface area contributed by atoms with Crippen LogP contribution < -0.4 is 0 Å². The number of aromatic nitrogens is 2. The van der Waals surface area contributed by atoms with Gasteiger partial charge in [0.2, 0.25) is 11.7 Å². The Morgan fingerprint density at radius 3 is 3.00 bits per heavy atom. The van der Waals surface area contributed by atoms with Crippen LogP contribution in [0.5, 0.6) is 0 Å². The van der Waals surface area contributed by atoms with Gasteiger partial charge in [-0.05, 0) is 12.1 Å². The van der Waals surface area contributed by atoms with Gasteiger partial charge in [0.25, 0.3) is 0 Å². The van der Waals surface area contributed by atoms with Crippen molar-refractivity contribution in [1.29, 1.82) is 0 Å². The molecule has 2 heterocycles. The molecule has 0 aliphatic heterocycles. The van der Waals surface area contributed by atoms with Crippen molar-refractivity contribution in [3.05, 3.63) is 24.3 Å². The van der Waals surface area contributed by atoms with Crippen LogP contribution in [-0.2, 0) is 5.88 Å². The Hall–Kier alpha value is -1.29. The molecule has 0 fully saturated rings. The zero-order valence-electron chi connectivity index (χ0n) is 6.03. The Morgan fingerprint density at radius 2 is 2.42 bits per heavy atom. The number of halogens is 1. The summed E-state index contributed by atoms with van der Waals surface area (Å²) in [6, 6.07) is 3.51. The summed E-state index contributed by atoms with van der Waals surface area (Å²) in [6.45, 7) is 0. The van der Waals surface area contributed by atoms with Gasteiger partial charge < -0.3 is 8.94 Å². The molecule has 0 atom stereocenters. The molecular weight excluding hydrogens is 180 g/mol. The number of rotatable bonds is 2. The van der Waals surface area contributed by atoms with E-state index < -0.39 is 0 Å². The molecule has 62 valence electrons. The first-order chi connectivity index (χ1) is 5.90. The van der Waals surface area contributed by atoms with Gasteiger partial charge in [-0.1, -0.05) is 5.16 Å². The zero-order chi connectivity index (χ0) is 8.39. The Morgan fingerprint density at radius 1 is 1.50 bits per heavy atom. The number of nitrogens with zero attached hydrogens (tertiary/aromatic N) is 2. The van der Waals surface area contributed by atoms with E-state index in [1.54, 1.807) is 18.4 Å². The van der Waals surface area contributed by atoms with Crippen LogP contribution in [0.4, 0.5) is 0 Å². The van der Waals surface area contributed by atoms with Gasteiger partial charge in [0.1, 0.15) is 5.88 Å². The van der Waals surface area contributed by atoms with E-state index in [9.17, 15) is 0 Å². The molecule has 0 aliphatic rings. The van der Waals surface area contributed by atoms with Crippen molar-refractivity contribution in [3.8, 4) is 11.6 Å². The highest BCUT2D eigenvalue weighted by Gasteiger charge is 2.08. The lowest BCUT2D eigenvalue weighted by Crippen LogP contribution is -1.77. The van der Waals surface area contributed by atoms with E-state index in [4.69, 9.17) is 20.5 Å². The third-order valence-electron chi connectivity index (χ3n) is 1.32. The fraction of sp³-hybridized carbons (Fsp3) is 0.143. The molecule has 0 saturated carbocycles. The smallest absolute Gasteiger partial charge is 0.241 e. The predicted molar refractivity (Wildman–Crippen MR) is 41.6 cm³/mol. The van der Waals surface area contributed by atoms with Crippen molar-refractivity contribution in [1.82, 2.24) is 10.1 Å². The maximum absolute atomic E-state index is 5.47. The highest BCUT2D eigenvalue weighted by Crippen LogP contribution is 2.15. The first kappa shape index (κ1) is 7.36. The average Bonchev–Trinajstić information content (AvgIpc) is 2.75. The van der Waals surface area contributed by atoms with Crippen molar-refractivity contribution in [2.45, 2.75) is 5.88 Å². The van der Waals surface area contributed by atoms with Crippen LogP contribution in [0.3, 0.4) is 0 Å². The fourth-order valence-corrected chi connectivity index (χ4v) is 0.924. The molecular formula is C7H5ClN2O2. The molecule has 0 spiro atoms. The molecule has 0 aromatic carbocycles. The van der Waals surface area contributed by atoms with Crippen molar-refractivity contribution in [3.63, 3.8) is 0 Å². The van der Waals surface area contributed by atoms with E-state index in [1.807, 2.05) is 0 Å². The minimum Gasteiger partial charge on any atom is -0.461 e. The van der Waals surface area contributed by atoms with E-state index in [0.717, 1.165) is 0 Å². The van der Waals surface area contributed by atoms with Crippen LogP contribution in [-0.4, -0.2) is 10.1 Å². The fourth-order valence-electron chi connectivity index (χ4n) is 0.815. The van der Waals surface area contributed by atoms with Crippen LogP contribution in [0, 0.1) is 0 Å². The largest absolute Gasteiger partial charge is 0.461 e. The summed E-state index contributed by atoms with van der Waals surface area (Å²) in [5, 5.41) is 3.67. The molecule has 0 unspecified atom stereocenters. The lowest BCUT2D eigenvalue weighted by molar-refractivity contribution is 0.389. The first-order valence-corrected chi connectivity index (χ1v) is 3.86. The van der Waals surface area contributed by atoms with Crippen LogP contribution in [0.1, 0.15) is 5.89 Å². The van der Waals surface area contributed by atoms with Crippen molar-refractivity contribution in [2.75, 3.05) is 0 Å². The number of hydrogen-bond acceptors (Lipinski definition) is 4. The predicted octanol–water partition coefficient (Wildman–Crippen LogP) is 2.07. The minimum absolute atomic E-state index is 0.216. The molecule has 0 amide bonds.